The van der Waals surface area contributed by atoms with Gasteiger partial charge in [-0.05, 0) is 42.0 Å². The van der Waals surface area contributed by atoms with Crippen LogP contribution < -0.4 is 15.4 Å². The molecule has 0 bridgehead atoms. The second-order valence-electron chi connectivity index (χ2n) is 6.67. The maximum Gasteiger partial charge on any atom is 0.251 e. The molecule has 5 nitrogen and oxygen atoms in total. The average molecular weight is 444 g/mol. The van der Waals surface area contributed by atoms with Gasteiger partial charge in [0.1, 0.15) is 12.4 Å². The highest BCUT2D eigenvalue weighted by molar-refractivity contribution is 7.99. The highest BCUT2D eigenvalue weighted by atomic mass is 35.5. The van der Waals surface area contributed by atoms with E-state index in [0.717, 1.165) is 21.1 Å². The quantitative estimate of drug-likeness (QED) is 0.532. The second-order valence-corrected chi connectivity index (χ2v) is 8.23. The van der Waals surface area contributed by atoms with Crippen molar-refractivity contribution in [1.82, 2.24) is 0 Å². The molecular formula is C23H24ClN2O3S+. The van der Waals surface area contributed by atoms with Crippen LogP contribution in [0.5, 0.6) is 5.75 Å². The molecule has 1 atom stereocenters. The van der Waals surface area contributed by atoms with Crippen molar-refractivity contribution >= 4 is 35.0 Å². The molecule has 0 saturated heterocycles. The van der Waals surface area contributed by atoms with Gasteiger partial charge in [-0.15, -0.1) is 0 Å². The largest absolute Gasteiger partial charge is 0.489 e. The number of hydrogen-bond acceptors (Lipinski definition) is 4. The lowest BCUT2D eigenvalue weighted by Gasteiger charge is -2.21. The van der Waals surface area contributed by atoms with Gasteiger partial charge in [0.05, 0.1) is 10.7 Å². The van der Waals surface area contributed by atoms with Crippen molar-refractivity contribution in [2.24, 2.45) is 5.73 Å². The Balaban J connectivity index is 1.68. The smallest absolute Gasteiger partial charge is 0.251 e. The molecule has 0 aliphatic heterocycles. The number of rotatable bonds is 8. The van der Waals surface area contributed by atoms with Gasteiger partial charge in [-0.1, -0.05) is 59.8 Å². The third kappa shape index (κ3) is 5.77. The Labute approximate surface area is 185 Å². The first-order valence-electron chi connectivity index (χ1n) is 9.40. The Kier molecular flexibility index (Phi) is 7.76. The summed E-state index contributed by atoms with van der Waals surface area (Å²) < 4.78 is 5.89. The van der Waals surface area contributed by atoms with E-state index < -0.39 is 6.04 Å². The summed E-state index contributed by atoms with van der Waals surface area (Å²) in [6.07, 6.45) is 0. The number of anilines is 1. The van der Waals surface area contributed by atoms with Crippen LogP contribution in [0.4, 0.5) is 5.69 Å². The van der Waals surface area contributed by atoms with E-state index in [1.165, 1.54) is 4.90 Å². The van der Waals surface area contributed by atoms with Gasteiger partial charge in [-0.3, -0.25) is 4.79 Å². The average Bonchev–Trinajstić information content (AvgIpc) is 2.77. The van der Waals surface area contributed by atoms with E-state index in [2.05, 4.69) is 0 Å². The third-order valence-electron chi connectivity index (χ3n) is 4.44. The van der Waals surface area contributed by atoms with E-state index >= 15 is 0 Å². The maximum absolute atomic E-state index is 12.2. The minimum Gasteiger partial charge on any atom is -0.489 e. The minimum atomic E-state index is -0.862. The van der Waals surface area contributed by atoms with Crippen LogP contribution in [0.25, 0.3) is 0 Å². The van der Waals surface area contributed by atoms with Crippen LogP contribution in [-0.2, 0) is 11.4 Å². The van der Waals surface area contributed by atoms with Crippen molar-refractivity contribution in [2.75, 3.05) is 18.6 Å². The van der Waals surface area contributed by atoms with E-state index in [1.54, 1.807) is 24.9 Å². The van der Waals surface area contributed by atoms with Crippen LogP contribution in [0.1, 0.15) is 5.56 Å². The van der Waals surface area contributed by atoms with E-state index in [4.69, 9.17) is 27.2 Å². The molecule has 4 N–H and O–H groups in total. The van der Waals surface area contributed by atoms with Gasteiger partial charge in [0.15, 0.2) is 12.6 Å². The Morgan fingerprint density at radius 2 is 1.83 bits per heavy atom. The molecule has 0 aliphatic rings. The predicted molar refractivity (Wildman–Crippen MR) is 123 cm³/mol. The molecule has 3 aromatic rings. The molecule has 30 heavy (non-hydrogen) atoms. The molecule has 0 radical (unpaired) electrons. The Hall–Kier alpha value is -2.51. The SMILES string of the molecule is CN(C(=O)[C@@H](N)C[OH2+])c1ccc(Sc2cccc(OCc3ccccc3)c2)cc1Cl. The van der Waals surface area contributed by atoms with Crippen LogP contribution in [0.15, 0.2) is 82.6 Å². The Morgan fingerprint density at radius 1 is 1.10 bits per heavy atom. The lowest BCUT2D eigenvalue weighted by atomic mass is 10.2. The molecule has 0 heterocycles. The van der Waals surface area contributed by atoms with Crippen molar-refractivity contribution in [1.29, 1.82) is 0 Å². The summed E-state index contributed by atoms with van der Waals surface area (Å²) in [6, 6.07) is 22.5. The Bertz CT molecular complexity index is 1000. The van der Waals surface area contributed by atoms with Crippen LogP contribution in [0, 0.1) is 0 Å². The number of carbonyl (C=O) groups excluding carboxylic acids is 1. The number of amides is 1. The molecule has 0 aliphatic carbocycles. The van der Waals surface area contributed by atoms with Crippen molar-refractivity contribution in [3.8, 4) is 5.75 Å². The van der Waals surface area contributed by atoms with E-state index in [-0.39, 0.29) is 12.5 Å². The molecule has 0 aromatic heterocycles. The molecule has 3 rings (SSSR count). The predicted octanol–water partition coefficient (Wildman–Crippen LogP) is 4.08. The van der Waals surface area contributed by atoms with Gasteiger partial charge >= 0.3 is 0 Å². The van der Waals surface area contributed by atoms with Crippen LogP contribution in [0.2, 0.25) is 5.02 Å². The van der Waals surface area contributed by atoms with Gasteiger partial charge < -0.3 is 20.5 Å². The molecule has 156 valence electrons. The summed E-state index contributed by atoms with van der Waals surface area (Å²) in [7, 11) is 1.61. The lowest BCUT2D eigenvalue weighted by molar-refractivity contribution is -0.120. The second kappa shape index (κ2) is 10.5. The molecule has 0 spiro atoms. The van der Waals surface area contributed by atoms with Gasteiger partial charge in [0, 0.05) is 16.8 Å². The number of nitrogens with two attached hydrogens (primary N) is 1. The highest BCUT2D eigenvalue weighted by Crippen LogP contribution is 2.35. The third-order valence-corrected chi connectivity index (χ3v) is 5.72. The molecule has 3 aromatic carbocycles. The number of hydrogen-bond donors (Lipinski definition) is 1. The summed E-state index contributed by atoms with van der Waals surface area (Å²) >= 11 is 7.97. The molecular weight excluding hydrogens is 420 g/mol. The molecule has 0 saturated carbocycles. The number of halogens is 1. The summed E-state index contributed by atoms with van der Waals surface area (Å²) in [4.78, 5) is 15.6. The number of nitrogens with zero attached hydrogens (tertiary/aromatic N) is 1. The first-order chi connectivity index (χ1) is 14.5. The first kappa shape index (κ1) is 22.2. The number of likely N-dealkylation sites (N-methyl/N-ethyl adjacent to an activating group) is 1. The monoisotopic (exact) mass is 443 g/mol. The van der Waals surface area contributed by atoms with Gasteiger partial charge in [-0.2, -0.15) is 0 Å². The number of ether oxygens (including phenoxy) is 1. The summed E-state index contributed by atoms with van der Waals surface area (Å²) in [5.41, 5.74) is 7.35. The zero-order valence-electron chi connectivity index (χ0n) is 16.5. The Morgan fingerprint density at radius 3 is 2.53 bits per heavy atom. The van der Waals surface area contributed by atoms with Crippen molar-refractivity contribution < 1.29 is 14.6 Å². The summed E-state index contributed by atoms with van der Waals surface area (Å²) in [5, 5.41) is 7.73. The van der Waals surface area contributed by atoms with Crippen molar-refractivity contribution in [3.05, 3.63) is 83.4 Å². The molecule has 7 heteroatoms. The topological polar surface area (TPSA) is 78.5 Å². The lowest BCUT2D eigenvalue weighted by Crippen LogP contribution is -2.44. The zero-order chi connectivity index (χ0) is 21.5. The van der Waals surface area contributed by atoms with Crippen LogP contribution >= 0.6 is 23.4 Å². The first-order valence-corrected chi connectivity index (χ1v) is 10.6. The normalized spacial score (nSPS) is 11.7. The fraction of sp³-hybridized carbons (Fsp3) is 0.174. The fourth-order valence-corrected chi connectivity index (χ4v) is 4.06. The van der Waals surface area contributed by atoms with Crippen molar-refractivity contribution in [3.63, 3.8) is 0 Å². The zero-order valence-corrected chi connectivity index (χ0v) is 18.1. The number of carbonyl (C=O) groups is 1. The van der Waals surface area contributed by atoms with Crippen LogP contribution in [-0.4, -0.2) is 30.7 Å². The summed E-state index contributed by atoms with van der Waals surface area (Å²) in [5.74, 6) is 0.455. The minimum absolute atomic E-state index is 0.169. The van der Waals surface area contributed by atoms with E-state index in [1.807, 2.05) is 66.7 Å². The standard InChI is InChI=1S/C23H23ClN2O3S/c1-26(23(28)21(25)14-27)22-11-10-19(13-20(22)24)30-18-9-5-8-17(12-18)29-15-16-6-3-2-4-7-16/h2-13,21,27H,14-15,25H2,1H3/p+1/t21-/m0/s1. The molecule has 0 unspecified atom stereocenters. The van der Waals surface area contributed by atoms with Crippen LogP contribution in [0.3, 0.4) is 0 Å². The molecule has 1 amide bonds. The van der Waals surface area contributed by atoms with E-state index in [0.29, 0.717) is 17.3 Å². The van der Waals surface area contributed by atoms with Gasteiger partial charge in [0.2, 0.25) is 0 Å². The molecule has 0 fully saturated rings. The highest BCUT2D eigenvalue weighted by Gasteiger charge is 2.22. The summed E-state index contributed by atoms with van der Waals surface area (Å²) in [6.45, 7) is 0.341. The van der Waals surface area contributed by atoms with Crippen molar-refractivity contribution in [2.45, 2.75) is 22.4 Å². The van der Waals surface area contributed by atoms with Gasteiger partial charge in [0.25, 0.3) is 5.91 Å². The maximum atomic E-state index is 12.2. The van der Waals surface area contributed by atoms with Gasteiger partial charge in [-0.25, -0.2) is 0 Å². The fourth-order valence-electron chi connectivity index (χ4n) is 2.78. The van der Waals surface area contributed by atoms with E-state index in [9.17, 15) is 4.79 Å². The number of benzene rings is 3.